The molecule has 0 spiro atoms. The van der Waals surface area contributed by atoms with Gasteiger partial charge < -0.3 is 10.2 Å². The lowest BCUT2D eigenvalue weighted by Gasteiger charge is -2.18. The van der Waals surface area contributed by atoms with Crippen molar-refractivity contribution in [1.29, 1.82) is 0 Å². The zero-order valence-electron chi connectivity index (χ0n) is 17.9. The maximum absolute atomic E-state index is 13.2. The largest absolute Gasteiger partial charge is 0.331 e. The SMILES string of the molecule is CCCCCn1nc(C(=O)N(C)CC(=O)Nc2c(Cl)cccc2Cl)c2ccccc2c1=O. The number of aromatic nitrogens is 2. The molecular weight excluding hydrogens is 451 g/mol. The molecule has 0 atom stereocenters. The maximum Gasteiger partial charge on any atom is 0.275 e. The molecular formula is C23H24Cl2N4O3. The third kappa shape index (κ3) is 5.29. The van der Waals surface area contributed by atoms with Gasteiger partial charge in [-0.3, -0.25) is 14.4 Å². The Kier molecular flexibility index (Phi) is 7.88. The minimum Gasteiger partial charge on any atom is -0.331 e. The van der Waals surface area contributed by atoms with Gasteiger partial charge in [0.2, 0.25) is 5.91 Å². The summed E-state index contributed by atoms with van der Waals surface area (Å²) in [5.41, 5.74) is 0.180. The van der Waals surface area contributed by atoms with E-state index in [0.717, 1.165) is 19.3 Å². The van der Waals surface area contributed by atoms with Crippen LogP contribution in [-0.2, 0) is 11.3 Å². The van der Waals surface area contributed by atoms with Crippen molar-refractivity contribution in [2.75, 3.05) is 18.9 Å². The Bertz CT molecular complexity index is 1190. The molecule has 0 unspecified atom stereocenters. The molecule has 1 N–H and O–H groups in total. The lowest BCUT2D eigenvalue weighted by Crippen LogP contribution is -2.37. The van der Waals surface area contributed by atoms with Gasteiger partial charge in [-0.05, 0) is 24.6 Å². The topological polar surface area (TPSA) is 84.3 Å². The van der Waals surface area contributed by atoms with E-state index >= 15 is 0 Å². The van der Waals surface area contributed by atoms with Crippen molar-refractivity contribution in [2.45, 2.75) is 32.7 Å². The third-order valence-corrected chi connectivity index (χ3v) is 5.63. The molecule has 0 saturated carbocycles. The number of aryl methyl sites for hydroxylation is 1. The van der Waals surface area contributed by atoms with E-state index in [-0.39, 0.29) is 23.5 Å². The second-order valence-corrected chi connectivity index (χ2v) is 8.25. The second kappa shape index (κ2) is 10.6. The number of unbranched alkanes of at least 4 members (excludes halogenated alkanes) is 2. The molecule has 0 aliphatic heterocycles. The summed E-state index contributed by atoms with van der Waals surface area (Å²) in [6, 6.07) is 11.7. The van der Waals surface area contributed by atoms with Crippen LogP contribution in [0.3, 0.4) is 0 Å². The van der Waals surface area contributed by atoms with Crippen molar-refractivity contribution in [3.8, 4) is 0 Å². The molecule has 32 heavy (non-hydrogen) atoms. The van der Waals surface area contributed by atoms with Gasteiger partial charge in [0.05, 0.1) is 27.7 Å². The average Bonchev–Trinajstić information content (AvgIpc) is 2.77. The van der Waals surface area contributed by atoms with Crippen LogP contribution in [-0.4, -0.2) is 40.1 Å². The molecule has 7 nitrogen and oxygen atoms in total. The van der Waals surface area contributed by atoms with Gasteiger partial charge in [0.25, 0.3) is 11.5 Å². The van der Waals surface area contributed by atoms with Gasteiger partial charge in [0, 0.05) is 19.0 Å². The Labute approximate surface area is 195 Å². The number of fused-ring (bicyclic) bond motifs is 1. The van der Waals surface area contributed by atoms with Gasteiger partial charge >= 0.3 is 0 Å². The van der Waals surface area contributed by atoms with Crippen LogP contribution < -0.4 is 10.9 Å². The highest BCUT2D eigenvalue weighted by molar-refractivity contribution is 6.39. The molecule has 2 amide bonds. The van der Waals surface area contributed by atoms with E-state index < -0.39 is 11.8 Å². The molecule has 3 aromatic rings. The molecule has 0 aliphatic carbocycles. The number of nitrogens with one attached hydrogen (secondary N) is 1. The zero-order chi connectivity index (χ0) is 23.3. The Balaban J connectivity index is 1.85. The molecule has 0 bridgehead atoms. The van der Waals surface area contributed by atoms with Gasteiger partial charge in [0.15, 0.2) is 5.69 Å². The summed E-state index contributed by atoms with van der Waals surface area (Å²) in [5.74, 6) is -0.928. The van der Waals surface area contributed by atoms with Crippen LogP contribution in [0.4, 0.5) is 5.69 Å². The highest BCUT2D eigenvalue weighted by atomic mass is 35.5. The van der Waals surface area contributed by atoms with Crippen LogP contribution in [0.15, 0.2) is 47.3 Å². The first-order valence-corrected chi connectivity index (χ1v) is 11.1. The standard InChI is InChI=1S/C23H24Cl2N4O3/c1-3-4-7-13-29-22(31)16-10-6-5-9-15(16)20(27-29)23(32)28(2)14-19(30)26-21-17(24)11-8-12-18(21)25/h5-6,8-12H,3-4,7,13-14H2,1-2H3,(H,26,30). The number of carbonyl (C=O) groups is 2. The highest BCUT2D eigenvalue weighted by Crippen LogP contribution is 2.29. The molecule has 2 aromatic carbocycles. The van der Waals surface area contributed by atoms with Crippen molar-refractivity contribution >= 4 is 51.5 Å². The zero-order valence-corrected chi connectivity index (χ0v) is 19.4. The molecule has 3 rings (SSSR count). The molecule has 0 saturated heterocycles. The lowest BCUT2D eigenvalue weighted by molar-refractivity contribution is -0.116. The smallest absolute Gasteiger partial charge is 0.275 e. The summed E-state index contributed by atoms with van der Waals surface area (Å²) >= 11 is 12.2. The number of rotatable bonds is 8. The first kappa shape index (κ1) is 23.8. The van der Waals surface area contributed by atoms with Gasteiger partial charge in [-0.25, -0.2) is 4.68 Å². The molecule has 1 heterocycles. The van der Waals surface area contributed by atoms with E-state index in [1.807, 2.05) is 0 Å². The Morgan fingerprint density at radius 1 is 1.03 bits per heavy atom. The lowest BCUT2D eigenvalue weighted by atomic mass is 10.1. The monoisotopic (exact) mass is 474 g/mol. The Morgan fingerprint density at radius 2 is 1.69 bits per heavy atom. The number of amides is 2. The summed E-state index contributed by atoms with van der Waals surface area (Å²) in [6.45, 7) is 2.25. The number of hydrogen-bond acceptors (Lipinski definition) is 4. The van der Waals surface area contributed by atoms with Crippen molar-refractivity contribution in [3.05, 3.63) is 68.6 Å². The third-order valence-electron chi connectivity index (χ3n) is 5.00. The van der Waals surface area contributed by atoms with Crippen LogP contribution in [0.2, 0.25) is 10.0 Å². The van der Waals surface area contributed by atoms with E-state index in [4.69, 9.17) is 23.2 Å². The molecule has 1 aromatic heterocycles. The molecule has 0 radical (unpaired) electrons. The van der Waals surface area contributed by atoms with Crippen LogP contribution >= 0.6 is 23.2 Å². The summed E-state index contributed by atoms with van der Waals surface area (Å²) in [6.07, 6.45) is 2.74. The van der Waals surface area contributed by atoms with Gasteiger partial charge in [-0.1, -0.05) is 67.2 Å². The van der Waals surface area contributed by atoms with Crippen molar-refractivity contribution < 1.29 is 9.59 Å². The van der Waals surface area contributed by atoms with Crippen molar-refractivity contribution in [1.82, 2.24) is 14.7 Å². The van der Waals surface area contributed by atoms with Crippen LogP contribution in [0.1, 0.15) is 36.7 Å². The predicted octanol–water partition coefficient (Wildman–Crippen LogP) is 4.60. The highest BCUT2D eigenvalue weighted by Gasteiger charge is 2.22. The fourth-order valence-corrected chi connectivity index (χ4v) is 3.81. The number of benzene rings is 2. The molecule has 168 valence electrons. The van der Waals surface area contributed by atoms with Crippen molar-refractivity contribution in [2.24, 2.45) is 0 Å². The quantitative estimate of drug-likeness (QED) is 0.483. The second-order valence-electron chi connectivity index (χ2n) is 7.44. The van der Waals surface area contributed by atoms with E-state index in [2.05, 4.69) is 17.3 Å². The predicted molar refractivity (Wildman–Crippen MR) is 128 cm³/mol. The fourth-order valence-electron chi connectivity index (χ4n) is 3.32. The number of likely N-dealkylation sites (N-methyl/N-ethyl adjacent to an activating group) is 1. The number of carbonyl (C=O) groups excluding carboxylic acids is 2. The summed E-state index contributed by atoms with van der Waals surface area (Å²) in [4.78, 5) is 39.8. The van der Waals surface area contributed by atoms with Crippen molar-refractivity contribution in [3.63, 3.8) is 0 Å². The molecule has 9 heteroatoms. The molecule has 0 fully saturated rings. The maximum atomic E-state index is 13.2. The summed E-state index contributed by atoms with van der Waals surface area (Å²) in [5, 5.41) is 8.46. The van der Waals surface area contributed by atoms with Crippen LogP contribution in [0, 0.1) is 0 Å². The number of halogens is 2. The Morgan fingerprint density at radius 3 is 2.34 bits per heavy atom. The van der Waals surface area contributed by atoms with E-state index in [9.17, 15) is 14.4 Å². The number of hydrogen-bond donors (Lipinski definition) is 1. The first-order chi connectivity index (χ1) is 15.3. The Hall–Kier alpha value is -2.90. The minimum absolute atomic E-state index is 0.128. The summed E-state index contributed by atoms with van der Waals surface area (Å²) < 4.78 is 1.34. The first-order valence-electron chi connectivity index (χ1n) is 10.3. The van der Waals surface area contributed by atoms with E-state index in [1.54, 1.807) is 42.5 Å². The van der Waals surface area contributed by atoms with Crippen LogP contribution in [0.5, 0.6) is 0 Å². The summed E-state index contributed by atoms with van der Waals surface area (Å²) in [7, 11) is 1.50. The van der Waals surface area contributed by atoms with Gasteiger partial charge in [-0.2, -0.15) is 5.10 Å². The van der Waals surface area contributed by atoms with E-state index in [1.165, 1.54) is 16.6 Å². The number of para-hydroxylation sites is 1. The normalized spacial score (nSPS) is 10.9. The van der Waals surface area contributed by atoms with Gasteiger partial charge in [-0.15, -0.1) is 0 Å². The average molecular weight is 475 g/mol. The number of anilines is 1. The molecule has 0 aliphatic rings. The minimum atomic E-state index is -0.467. The fraction of sp³-hybridized carbons (Fsp3) is 0.304. The van der Waals surface area contributed by atoms with Crippen LogP contribution in [0.25, 0.3) is 10.8 Å². The number of nitrogens with zero attached hydrogens (tertiary/aromatic N) is 3. The van der Waals surface area contributed by atoms with Gasteiger partial charge in [0.1, 0.15) is 0 Å². The van der Waals surface area contributed by atoms with E-state index in [0.29, 0.717) is 27.4 Å².